The van der Waals surface area contributed by atoms with Crippen molar-refractivity contribution in [2.24, 2.45) is 22.9 Å². The van der Waals surface area contributed by atoms with Crippen LogP contribution >= 0.6 is 0 Å². The normalized spacial score (nSPS) is 14.8. The number of rotatable bonds is 10. The van der Waals surface area contributed by atoms with Crippen LogP contribution in [0, 0.1) is 0 Å². The predicted octanol–water partition coefficient (Wildman–Crippen LogP) is 0.232. The number of fused-ring (bicyclic) bond motifs is 1. The lowest BCUT2D eigenvalue weighted by Crippen LogP contribution is -2.62. The number of carbonyl (C=O) groups excluding carboxylic acids is 2. The molecule has 2 unspecified atom stereocenters. The number of aromatic nitrogens is 1. The van der Waals surface area contributed by atoms with E-state index in [1.165, 1.54) is 0 Å². The summed E-state index contributed by atoms with van der Waals surface area (Å²) in [6, 6.07) is 15.7. The van der Waals surface area contributed by atoms with E-state index in [0.29, 0.717) is 18.5 Å². The summed E-state index contributed by atoms with van der Waals surface area (Å²) in [6.45, 7) is 0.0923. The van der Waals surface area contributed by atoms with Crippen LogP contribution in [0.25, 0.3) is 10.9 Å². The zero-order valence-electron chi connectivity index (χ0n) is 18.4. The molecule has 9 nitrogen and oxygen atoms in total. The van der Waals surface area contributed by atoms with Gasteiger partial charge in [0.2, 0.25) is 11.8 Å². The molecule has 2 aromatic carbocycles. The minimum absolute atomic E-state index is 0.0923. The molecule has 0 saturated heterocycles. The second kappa shape index (κ2) is 11.5. The number of nitrogens with one attached hydrogen (secondary N) is 2. The van der Waals surface area contributed by atoms with E-state index in [1.807, 2.05) is 60.7 Å². The number of pyridine rings is 1. The molecule has 0 aliphatic carbocycles. The van der Waals surface area contributed by atoms with Crippen molar-refractivity contribution in [3.63, 3.8) is 0 Å². The van der Waals surface area contributed by atoms with Crippen molar-refractivity contribution in [2.75, 3.05) is 11.9 Å². The third kappa shape index (κ3) is 6.56. The number of nitrogens with two attached hydrogens (primary N) is 4. The van der Waals surface area contributed by atoms with E-state index < -0.39 is 30.1 Å². The van der Waals surface area contributed by atoms with Crippen molar-refractivity contribution in [1.29, 1.82) is 0 Å². The maximum absolute atomic E-state index is 13.1. The lowest BCUT2D eigenvalue weighted by molar-refractivity contribution is -0.127. The summed E-state index contributed by atoms with van der Waals surface area (Å²) in [5, 5.41) is 6.47. The molecule has 0 fully saturated rings. The topological polar surface area (TPSA) is 175 Å². The highest BCUT2D eigenvalue weighted by Gasteiger charge is 2.29. The maximum Gasteiger partial charge on any atom is 0.247 e. The summed E-state index contributed by atoms with van der Waals surface area (Å²) in [5.74, 6) is -0.934. The second-order valence-electron chi connectivity index (χ2n) is 7.99. The van der Waals surface area contributed by atoms with Crippen LogP contribution in [0.4, 0.5) is 5.69 Å². The molecule has 3 aromatic rings. The number of carbonyl (C=O) groups is 2. The first-order valence-electron chi connectivity index (χ1n) is 10.9. The van der Waals surface area contributed by atoms with Crippen LogP contribution in [0.15, 0.2) is 66.9 Å². The summed E-state index contributed by atoms with van der Waals surface area (Å²) in [7, 11) is 0. The van der Waals surface area contributed by atoms with E-state index in [1.54, 1.807) is 6.20 Å². The van der Waals surface area contributed by atoms with E-state index in [-0.39, 0.29) is 12.5 Å². The highest BCUT2D eigenvalue weighted by molar-refractivity contribution is 5.99. The van der Waals surface area contributed by atoms with Gasteiger partial charge >= 0.3 is 0 Å². The Kier molecular flexibility index (Phi) is 8.45. The average Bonchev–Trinajstić information content (AvgIpc) is 2.85. The molecule has 0 radical (unpaired) electrons. The average molecular weight is 450 g/mol. The fraction of sp³-hybridized carbons (Fsp3) is 0.292. The van der Waals surface area contributed by atoms with Crippen LogP contribution in [0.5, 0.6) is 0 Å². The lowest BCUT2D eigenvalue weighted by Gasteiger charge is -2.26. The van der Waals surface area contributed by atoms with E-state index in [4.69, 9.17) is 22.9 Å². The Balaban J connectivity index is 1.74. The molecule has 0 bridgehead atoms. The highest BCUT2D eigenvalue weighted by Crippen LogP contribution is 2.17. The molecule has 0 spiro atoms. The number of anilines is 1. The number of para-hydroxylation sites is 1. The van der Waals surface area contributed by atoms with Crippen molar-refractivity contribution in [2.45, 2.75) is 37.0 Å². The van der Waals surface area contributed by atoms with Crippen molar-refractivity contribution >= 4 is 28.4 Å². The minimum atomic E-state index is -1.10. The molecule has 0 saturated carbocycles. The van der Waals surface area contributed by atoms with Gasteiger partial charge in [-0.25, -0.2) is 0 Å². The van der Waals surface area contributed by atoms with Crippen LogP contribution < -0.4 is 33.6 Å². The van der Waals surface area contributed by atoms with Gasteiger partial charge in [-0.3, -0.25) is 14.6 Å². The highest BCUT2D eigenvalue weighted by atomic mass is 16.2. The first-order valence-corrected chi connectivity index (χ1v) is 10.9. The third-order valence-electron chi connectivity index (χ3n) is 5.54. The predicted molar refractivity (Wildman–Crippen MR) is 130 cm³/mol. The largest absolute Gasteiger partial charge is 0.343 e. The van der Waals surface area contributed by atoms with Gasteiger partial charge in [0.1, 0.15) is 12.1 Å². The molecule has 1 aromatic heterocycles. The van der Waals surface area contributed by atoms with Gasteiger partial charge in [-0.05, 0) is 30.5 Å². The minimum Gasteiger partial charge on any atom is -0.343 e. The summed E-state index contributed by atoms with van der Waals surface area (Å²) in [4.78, 5) is 30.2. The molecule has 4 atom stereocenters. The number of benzene rings is 2. The quantitative estimate of drug-likeness (QED) is 0.257. The molecule has 2 amide bonds. The number of hydrogen-bond acceptors (Lipinski definition) is 7. The van der Waals surface area contributed by atoms with E-state index in [2.05, 4.69) is 15.6 Å². The molecular formula is C24H31N7O2. The molecular weight excluding hydrogens is 418 g/mol. The van der Waals surface area contributed by atoms with Gasteiger partial charge in [-0.2, -0.15) is 0 Å². The Labute approximate surface area is 192 Å². The fourth-order valence-electron chi connectivity index (χ4n) is 3.46. The molecule has 0 aliphatic rings. The van der Waals surface area contributed by atoms with E-state index in [0.717, 1.165) is 16.5 Å². The summed E-state index contributed by atoms with van der Waals surface area (Å²) in [6.07, 6.45) is 2.53. The standard InChI is InChI=1S/C24H31N7O2/c25-13-18(26)21(27)22(28)24(33)31-20(11-10-15-6-2-1-3-7-15)23(32)30-17-12-16-8-4-5-9-19(16)29-14-17/h1-9,12,14,18,20-22H,10-11,13,25-28H2,(H,30,32)(H,31,33)/t18?,20-,21?,22-/m0/s1. The number of aryl methyl sites for hydroxylation is 1. The van der Waals surface area contributed by atoms with Crippen LogP contribution in [0.2, 0.25) is 0 Å². The Morgan fingerprint density at radius 2 is 1.64 bits per heavy atom. The fourth-order valence-corrected chi connectivity index (χ4v) is 3.46. The molecule has 33 heavy (non-hydrogen) atoms. The molecule has 0 aliphatic heterocycles. The van der Waals surface area contributed by atoms with Crippen molar-refractivity contribution in [3.05, 3.63) is 72.4 Å². The smallest absolute Gasteiger partial charge is 0.247 e. The first-order chi connectivity index (χ1) is 15.9. The summed E-state index contributed by atoms with van der Waals surface area (Å²) >= 11 is 0. The second-order valence-corrected chi connectivity index (χ2v) is 7.99. The Hall–Kier alpha value is -3.37. The molecule has 3 rings (SSSR count). The van der Waals surface area contributed by atoms with Crippen LogP contribution in [-0.4, -0.2) is 47.5 Å². The van der Waals surface area contributed by atoms with Gasteiger partial charge in [0.05, 0.1) is 17.4 Å². The zero-order chi connectivity index (χ0) is 23.8. The maximum atomic E-state index is 13.1. The van der Waals surface area contributed by atoms with Gasteiger partial charge < -0.3 is 33.6 Å². The molecule has 9 heteroatoms. The van der Waals surface area contributed by atoms with E-state index >= 15 is 0 Å². The Morgan fingerprint density at radius 1 is 0.939 bits per heavy atom. The van der Waals surface area contributed by atoms with Crippen molar-refractivity contribution in [1.82, 2.24) is 10.3 Å². The van der Waals surface area contributed by atoms with Crippen molar-refractivity contribution < 1.29 is 9.59 Å². The van der Waals surface area contributed by atoms with Crippen LogP contribution in [-0.2, 0) is 16.0 Å². The van der Waals surface area contributed by atoms with Crippen LogP contribution in [0.3, 0.4) is 0 Å². The van der Waals surface area contributed by atoms with Crippen LogP contribution in [0.1, 0.15) is 12.0 Å². The third-order valence-corrected chi connectivity index (χ3v) is 5.54. The SMILES string of the molecule is NCC(N)C(N)[C@H](N)C(=O)N[C@@H](CCc1ccccc1)C(=O)Nc1cnc2ccccc2c1. The van der Waals surface area contributed by atoms with Crippen molar-refractivity contribution in [3.8, 4) is 0 Å². The van der Waals surface area contributed by atoms with Gasteiger partial charge in [-0.1, -0.05) is 48.5 Å². The Morgan fingerprint density at radius 3 is 2.36 bits per heavy atom. The number of nitrogens with zero attached hydrogens (tertiary/aromatic N) is 1. The van der Waals surface area contributed by atoms with Gasteiger partial charge in [0.15, 0.2) is 0 Å². The van der Waals surface area contributed by atoms with Gasteiger partial charge in [0.25, 0.3) is 0 Å². The van der Waals surface area contributed by atoms with E-state index in [9.17, 15) is 9.59 Å². The zero-order valence-corrected chi connectivity index (χ0v) is 18.4. The number of hydrogen-bond donors (Lipinski definition) is 6. The molecule has 174 valence electrons. The summed E-state index contributed by atoms with van der Waals surface area (Å²) in [5.41, 5.74) is 25.7. The van der Waals surface area contributed by atoms with Gasteiger partial charge in [0, 0.05) is 24.0 Å². The Bertz CT molecular complexity index is 1080. The molecule has 10 N–H and O–H groups in total. The lowest BCUT2D eigenvalue weighted by atomic mass is 10.00. The molecule has 1 heterocycles. The van der Waals surface area contributed by atoms with Gasteiger partial charge in [-0.15, -0.1) is 0 Å². The number of amides is 2. The monoisotopic (exact) mass is 449 g/mol. The first kappa shape index (κ1) is 24.3. The summed E-state index contributed by atoms with van der Waals surface area (Å²) < 4.78 is 0.